The van der Waals surface area contributed by atoms with Crippen molar-refractivity contribution in [1.82, 2.24) is 4.72 Å². The van der Waals surface area contributed by atoms with Gasteiger partial charge in [-0.3, -0.25) is 4.79 Å². The fourth-order valence-electron chi connectivity index (χ4n) is 1.76. The van der Waals surface area contributed by atoms with E-state index < -0.39 is 10.0 Å². The molecule has 1 N–H and O–H groups in total. The number of hydrogen-bond donors (Lipinski definition) is 1. The highest BCUT2D eigenvalue weighted by molar-refractivity contribution is 7.89. The molecule has 0 aliphatic heterocycles. The molecule has 94 valence electrons. The summed E-state index contributed by atoms with van der Waals surface area (Å²) in [6.07, 6.45) is 2.73. The minimum atomic E-state index is -3.21. The molecule has 0 heterocycles. The van der Waals surface area contributed by atoms with Gasteiger partial charge in [0.05, 0.1) is 5.75 Å². The summed E-state index contributed by atoms with van der Waals surface area (Å²) in [7, 11) is -1.66. The van der Waals surface area contributed by atoms with Crippen LogP contribution in [-0.2, 0) is 19.6 Å². The van der Waals surface area contributed by atoms with Gasteiger partial charge >= 0.3 is 0 Å². The molecule has 0 amide bonds. The van der Waals surface area contributed by atoms with Crippen molar-refractivity contribution in [3.05, 3.63) is 0 Å². The summed E-state index contributed by atoms with van der Waals surface area (Å²) in [6, 6.07) is -0.0646. The van der Waals surface area contributed by atoms with Crippen LogP contribution in [0, 0.1) is 0 Å². The SMILES string of the molecule is COCCCS(=O)(=O)NC1CCC(=O)CC1. The van der Waals surface area contributed by atoms with Gasteiger partial charge in [-0.05, 0) is 19.3 Å². The second-order valence-corrected chi connectivity index (χ2v) is 5.97. The van der Waals surface area contributed by atoms with Gasteiger partial charge in [0.15, 0.2) is 0 Å². The number of rotatable bonds is 6. The lowest BCUT2D eigenvalue weighted by Gasteiger charge is -2.21. The van der Waals surface area contributed by atoms with E-state index in [0.29, 0.717) is 38.7 Å². The van der Waals surface area contributed by atoms with E-state index >= 15 is 0 Å². The largest absolute Gasteiger partial charge is 0.385 e. The fraction of sp³-hybridized carbons (Fsp3) is 0.900. The van der Waals surface area contributed by atoms with Crippen LogP contribution in [-0.4, -0.2) is 39.7 Å². The van der Waals surface area contributed by atoms with Gasteiger partial charge in [-0.1, -0.05) is 0 Å². The third kappa shape index (κ3) is 5.05. The molecule has 1 fully saturated rings. The van der Waals surface area contributed by atoms with Gasteiger partial charge in [-0.25, -0.2) is 13.1 Å². The summed E-state index contributed by atoms with van der Waals surface area (Å²) in [5, 5.41) is 0. The van der Waals surface area contributed by atoms with Crippen LogP contribution in [0.3, 0.4) is 0 Å². The maximum absolute atomic E-state index is 11.6. The fourth-order valence-corrected chi connectivity index (χ4v) is 3.12. The van der Waals surface area contributed by atoms with Gasteiger partial charge in [0.2, 0.25) is 10.0 Å². The van der Waals surface area contributed by atoms with Crippen LogP contribution in [0.5, 0.6) is 0 Å². The zero-order valence-electron chi connectivity index (χ0n) is 9.57. The number of methoxy groups -OCH3 is 1. The molecule has 0 aromatic rings. The smallest absolute Gasteiger partial charge is 0.211 e. The highest BCUT2D eigenvalue weighted by Crippen LogP contribution is 2.15. The van der Waals surface area contributed by atoms with E-state index in [9.17, 15) is 13.2 Å². The standard InChI is InChI=1S/C10H19NO4S/c1-15-7-2-8-16(13,14)11-9-3-5-10(12)6-4-9/h9,11H,2-8H2,1H3. The average molecular weight is 249 g/mol. The van der Waals surface area contributed by atoms with Gasteiger partial charge in [-0.2, -0.15) is 0 Å². The van der Waals surface area contributed by atoms with Crippen molar-refractivity contribution in [3.8, 4) is 0 Å². The van der Waals surface area contributed by atoms with Crippen LogP contribution in [0.2, 0.25) is 0 Å². The maximum atomic E-state index is 11.6. The predicted octanol–water partition coefficient (Wildman–Crippen LogP) is 0.454. The average Bonchev–Trinajstić information content (AvgIpc) is 2.21. The molecule has 1 saturated carbocycles. The topological polar surface area (TPSA) is 72.5 Å². The van der Waals surface area contributed by atoms with Crippen LogP contribution in [0.25, 0.3) is 0 Å². The van der Waals surface area contributed by atoms with E-state index in [1.165, 1.54) is 0 Å². The van der Waals surface area contributed by atoms with Gasteiger partial charge < -0.3 is 4.74 Å². The minimum absolute atomic E-state index is 0.0646. The number of carbonyl (C=O) groups is 1. The maximum Gasteiger partial charge on any atom is 0.211 e. The van der Waals surface area contributed by atoms with E-state index in [1.54, 1.807) is 7.11 Å². The first-order valence-electron chi connectivity index (χ1n) is 5.54. The third-order valence-electron chi connectivity index (χ3n) is 2.65. The van der Waals surface area contributed by atoms with E-state index in [1.807, 2.05) is 0 Å². The van der Waals surface area contributed by atoms with Crippen LogP contribution < -0.4 is 4.72 Å². The van der Waals surface area contributed by atoms with Gasteiger partial charge in [0.1, 0.15) is 5.78 Å². The Kier molecular flexibility index (Phi) is 5.37. The Morgan fingerprint density at radius 1 is 1.38 bits per heavy atom. The molecule has 1 aliphatic carbocycles. The first-order chi connectivity index (χ1) is 7.53. The molecule has 0 aromatic heterocycles. The second kappa shape index (κ2) is 6.32. The summed E-state index contributed by atoms with van der Waals surface area (Å²) < 4.78 is 30.7. The predicted molar refractivity (Wildman–Crippen MR) is 60.7 cm³/mol. The lowest BCUT2D eigenvalue weighted by Crippen LogP contribution is -2.39. The van der Waals surface area contributed by atoms with Crippen molar-refractivity contribution in [3.63, 3.8) is 0 Å². The Morgan fingerprint density at radius 2 is 2.00 bits per heavy atom. The molecule has 16 heavy (non-hydrogen) atoms. The number of nitrogens with one attached hydrogen (secondary N) is 1. The highest BCUT2D eigenvalue weighted by atomic mass is 32.2. The molecule has 0 spiro atoms. The molecule has 6 heteroatoms. The lowest BCUT2D eigenvalue weighted by atomic mass is 9.95. The first kappa shape index (κ1) is 13.6. The van der Waals surface area contributed by atoms with E-state index in [2.05, 4.69) is 4.72 Å². The van der Waals surface area contributed by atoms with E-state index in [0.717, 1.165) is 0 Å². The van der Waals surface area contributed by atoms with Gasteiger partial charge in [-0.15, -0.1) is 0 Å². The quantitative estimate of drug-likeness (QED) is 0.694. The number of sulfonamides is 1. The van der Waals surface area contributed by atoms with Crippen LogP contribution in [0.15, 0.2) is 0 Å². The number of ketones is 1. The first-order valence-corrected chi connectivity index (χ1v) is 7.19. The van der Waals surface area contributed by atoms with Gasteiger partial charge in [0.25, 0.3) is 0 Å². The molecule has 0 aromatic carbocycles. The zero-order valence-corrected chi connectivity index (χ0v) is 10.4. The normalized spacial score (nSPS) is 18.9. The Hall–Kier alpha value is -0.460. The van der Waals surface area contributed by atoms with Crippen molar-refractivity contribution >= 4 is 15.8 Å². The monoisotopic (exact) mass is 249 g/mol. The zero-order chi connectivity index (χ0) is 12.0. The second-order valence-electron chi connectivity index (χ2n) is 4.10. The van der Waals surface area contributed by atoms with E-state index in [-0.39, 0.29) is 17.6 Å². The summed E-state index contributed by atoms with van der Waals surface area (Å²) in [4.78, 5) is 11.0. The van der Waals surface area contributed by atoms with Crippen LogP contribution in [0.1, 0.15) is 32.1 Å². The molecule has 0 saturated heterocycles. The summed E-state index contributed by atoms with van der Waals surface area (Å²) in [6.45, 7) is 0.448. The molecule has 1 aliphatic rings. The molecule has 5 nitrogen and oxygen atoms in total. The Balaban J connectivity index is 2.32. The number of hydrogen-bond acceptors (Lipinski definition) is 4. The Morgan fingerprint density at radius 3 is 2.56 bits per heavy atom. The summed E-state index contributed by atoms with van der Waals surface area (Å²) in [5.74, 6) is 0.320. The van der Waals surface area contributed by atoms with Crippen LogP contribution in [0.4, 0.5) is 0 Å². The highest BCUT2D eigenvalue weighted by Gasteiger charge is 2.22. The number of ether oxygens (including phenoxy) is 1. The van der Waals surface area contributed by atoms with Crippen molar-refractivity contribution in [2.75, 3.05) is 19.5 Å². The van der Waals surface area contributed by atoms with Crippen molar-refractivity contribution < 1.29 is 17.9 Å². The molecule has 1 rings (SSSR count). The van der Waals surface area contributed by atoms with Crippen molar-refractivity contribution in [2.24, 2.45) is 0 Å². The van der Waals surface area contributed by atoms with Crippen molar-refractivity contribution in [1.29, 1.82) is 0 Å². The van der Waals surface area contributed by atoms with Gasteiger partial charge in [0, 0.05) is 32.6 Å². The molecule has 0 atom stereocenters. The van der Waals surface area contributed by atoms with Crippen molar-refractivity contribution in [2.45, 2.75) is 38.1 Å². The van der Waals surface area contributed by atoms with Crippen LogP contribution >= 0.6 is 0 Å². The molecule has 0 unspecified atom stereocenters. The Labute approximate surface area is 96.6 Å². The molecular weight excluding hydrogens is 230 g/mol. The number of carbonyl (C=O) groups excluding carboxylic acids is 1. The third-order valence-corrected chi connectivity index (χ3v) is 4.17. The molecule has 0 radical (unpaired) electrons. The summed E-state index contributed by atoms with van der Waals surface area (Å²) in [5.41, 5.74) is 0. The minimum Gasteiger partial charge on any atom is -0.385 e. The number of Topliss-reactive ketones (excluding diaryl/α,β-unsaturated/α-hetero) is 1. The lowest BCUT2D eigenvalue weighted by molar-refractivity contribution is -0.120. The van der Waals surface area contributed by atoms with E-state index in [4.69, 9.17) is 4.74 Å². The molecular formula is C10H19NO4S. The summed E-state index contributed by atoms with van der Waals surface area (Å²) >= 11 is 0. The Bertz CT molecular complexity index is 316. The molecule has 0 bridgehead atoms.